The van der Waals surface area contributed by atoms with E-state index in [1.54, 1.807) is 0 Å². The summed E-state index contributed by atoms with van der Waals surface area (Å²) in [5.41, 5.74) is 15.6. The number of hydrogen-bond acceptors (Lipinski definition) is 1. The van der Waals surface area contributed by atoms with Gasteiger partial charge in [-0.3, -0.25) is 0 Å². The molecule has 0 N–H and O–H groups in total. The van der Waals surface area contributed by atoms with Crippen molar-refractivity contribution in [2.24, 2.45) is 0 Å². The van der Waals surface area contributed by atoms with Crippen molar-refractivity contribution in [3.05, 3.63) is 150 Å². The average molecular weight is 595 g/mol. The molecule has 8 aromatic rings. The summed E-state index contributed by atoms with van der Waals surface area (Å²) in [5.74, 6) is 0. The van der Waals surface area contributed by atoms with Gasteiger partial charge in [-0.2, -0.15) is 0 Å². The molecule has 0 bridgehead atoms. The van der Waals surface area contributed by atoms with Crippen molar-refractivity contribution in [1.29, 1.82) is 0 Å². The number of nitrogens with zero attached hydrogens (tertiary/aromatic N) is 2. The quantitative estimate of drug-likeness (QED) is 0.186. The molecule has 6 aromatic carbocycles. The maximum Gasteiger partial charge on any atom is 0.244 e. The number of aromatic nitrogens is 2. The van der Waals surface area contributed by atoms with Crippen LogP contribution in [0.5, 0.6) is 0 Å². The first-order valence-electron chi connectivity index (χ1n) is 15.7. The average Bonchev–Trinajstić information content (AvgIpc) is 3.57. The lowest BCUT2D eigenvalue weighted by atomic mass is 9.35. The Morgan fingerprint density at radius 1 is 0.489 bits per heavy atom. The van der Waals surface area contributed by atoms with Crippen molar-refractivity contribution in [2.45, 2.75) is 30.6 Å². The smallest absolute Gasteiger partial charge is 0.244 e. The number of rotatable bonds is 3. The van der Waals surface area contributed by atoms with Gasteiger partial charge in [0.1, 0.15) is 0 Å². The summed E-state index contributed by atoms with van der Waals surface area (Å²) in [6, 6.07) is 49.3. The van der Waals surface area contributed by atoms with Gasteiger partial charge in [-0.1, -0.05) is 136 Å². The molecule has 45 heavy (non-hydrogen) atoms. The van der Waals surface area contributed by atoms with Gasteiger partial charge < -0.3 is 9.13 Å². The lowest BCUT2D eigenvalue weighted by molar-refractivity contribution is 1.16. The summed E-state index contributed by atoms with van der Waals surface area (Å²) in [4.78, 5) is 2.67. The highest BCUT2D eigenvalue weighted by molar-refractivity contribution is 8.00. The molecule has 0 spiro atoms. The van der Waals surface area contributed by atoms with Crippen LogP contribution in [0.3, 0.4) is 0 Å². The first-order valence-corrected chi connectivity index (χ1v) is 16.5. The second-order valence-corrected chi connectivity index (χ2v) is 13.4. The molecule has 214 valence electrons. The van der Waals surface area contributed by atoms with Crippen LogP contribution in [0.2, 0.25) is 0 Å². The van der Waals surface area contributed by atoms with Crippen molar-refractivity contribution < 1.29 is 0 Å². The molecular weight excluding hydrogens is 563 g/mol. The fourth-order valence-electron chi connectivity index (χ4n) is 7.84. The van der Waals surface area contributed by atoms with E-state index < -0.39 is 0 Å². The minimum Gasteiger partial charge on any atom is -0.307 e. The van der Waals surface area contributed by atoms with Crippen LogP contribution in [0.1, 0.15) is 16.7 Å². The Balaban J connectivity index is 1.33. The third kappa shape index (κ3) is 3.92. The van der Waals surface area contributed by atoms with Gasteiger partial charge >= 0.3 is 0 Å². The van der Waals surface area contributed by atoms with E-state index in [4.69, 9.17) is 0 Å². The number of para-hydroxylation sites is 3. The largest absolute Gasteiger partial charge is 0.307 e. The molecule has 0 atom stereocenters. The molecule has 0 fully saturated rings. The van der Waals surface area contributed by atoms with Crippen molar-refractivity contribution >= 4 is 67.7 Å². The number of aryl methyl sites for hydroxylation is 3. The fourth-order valence-corrected chi connectivity index (χ4v) is 9.02. The molecule has 0 saturated carbocycles. The predicted molar refractivity (Wildman–Crippen MR) is 193 cm³/mol. The van der Waals surface area contributed by atoms with E-state index in [1.165, 1.54) is 87.1 Å². The van der Waals surface area contributed by atoms with E-state index in [0.29, 0.717) is 0 Å². The third-order valence-corrected chi connectivity index (χ3v) is 10.7. The second-order valence-electron chi connectivity index (χ2n) is 12.3. The van der Waals surface area contributed by atoms with Crippen LogP contribution >= 0.6 is 11.8 Å². The molecule has 0 amide bonds. The van der Waals surface area contributed by atoms with Gasteiger partial charge in [0.05, 0.1) is 22.1 Å². The van der Waals surface area contributed by atoms with Gasteiger partial charge in [0, 0.05) is 31.9 Å². The lowest BCUT2D eigenvalue weighted by Crippen LogP contribution is -2.56. The molecule has 3 heterocycles. The van der Waals surface area contributed by atoms with Crippen LogP contribution in [-0.2, 0) is 0 Å². The van der Waals surface area contributed by atoms with Crippen LogP contribution in [-0.4, -0.2) is 15.8 Å². The zero-order valence-corrected chi connectivity index (χ0v) is 26.4. The highest BCUT2D eigenvalue weighted by Crippen LogP contribution is 2.41. The standard InChI is InChI=1S/C41H31BN2S/c1-26-23-27(2)39(28(3)24-26)42-33-17-9-12-20-37(33)45-38-25-30(21-22-34(38)42)44-36-19-11-8-16-32(36)40-41(44)31-15-7-10-18-35(31)43(40)29-13-5-4-6-14-29/h4-25H,1-3H3. The van der Waals surface area contributed by atoms with Gasteiger partial charge in [0.25, 0.3) is 0 Å². The first-order chi connectivity index (χ1) is 22.1. The minimum atomic E-state index is 0.202. The van der Waals surface area contributed by atoms with Crippen molar-refractivity contribution in [3.63, 3.8) is 0 Å². The molecule has 0 unspecified atom stereocenters. The predicted octanol–water partition coefficient (Wildman–Crippen LogP) is 8.63. The van der Waals surface area contributed by atoms with E-state index in [0.717, 1.165) is 0 Å². The van der Waals surface area contributed by atoms with Crippen LogP contribution in [0, 0.1) is 20.8 Å². The Hall–Kier alpha value is -4.93. The Morgan fingerprint density at radius 3 is 1.73 bits per heavy atom. The van der Waals surface area contributed by atoms with Gasteiger partial charge in [-0.15, -0.1) is 0 Å². The monoisotopic (exact) mass is 594 g/mol. The maximum absolute atomic E-state index is 2.49. The molecule has 0 aliphatic carbocycles. The van der Waals surface area contributed by atoms with E-state index in [9.17, 15) is 0 Å². The van der Waals surface area contributed by atoms with Gasteiger partial charge in [0.2, 0.25) is 6.71 Å². The van der Waals surface area contributed by atoms with Crippen LogP contribution < -0.4 is 16.4 Å². The topological polar surface area (TPSA) is 9.86 Å². The summed E-state index contributed by atoms with van der Waals surface area (Å²) in [6.07, 6.45) is 0. The highest BCUT2D eigenvalue weighted by Gasteiger charge is 2.33. The molecular formula is C41H31BN2S. The molecule has 0 radical (unpaired) electrons. The van der Waals surface area contributed by atoms with Gasteiger partial charge in [-0.25, -0.2) is 0 Å². The molecule has 0 saturated heterocycles. The normalized spacial score (nSPS) is 12.6. The first kappa shape index (κ1) is 26.5. The van der Waals surface area contributed by atoms with Crippen LogP contribution in [0.15, 0.2) is 143 Å². The summed E-state index contributed by atoms with van der Waals surface area (Å²) >= 11 is 1.91. The fraction of sp³-hybridized carbons (Fsp3) is 0.0732. The van der Waals surface area contributed by atoms with E-state index >= 15 is 0 Å². The Bertz CT molecular complexity index is 2420. The van der Waals surface area contributed by atoms with E-state index in [2.05, 4.69) is 163 Å². The molecule has 1 aliphatic heterocycles. The van der Waals surface area contributed by atoms with Gasteiger partial charge in [-0.05, 0) is 63.2 Å². The number of benzene rings is 6. The highest BCUT2D eigenvalue weighted by atomic mass is 32.2. The summed E-state index contributed by atoms with van der Waals surface area (Å²) in [5, 5.41) is 2.51. The zero-order chi connectivity index (χ0) is 30.2. The third-order valence-electron chi connectivity index (χ3n) is 9.53. The molecule has 2 aromatic heterocycles. The summed E-state index contributed by atoms with van der Waals surface area (Å²) < 4.78 is 4.93. The maximum atomic E-state index is 2.49. The van der Waals surface area contributed by atoms with Crippen molar-refractivity contribution in [1.82, 2.24) is 9.13 Å². The molecule has 9 rings (SSSR count). The second kappa shape index (κ2) is 10.1. The van der Waals surface area contributed by atoms with Crippen molar-refractivity contribution in [3.8, 4) is 11.4 Å². The Kier molecular flexibility index (Phi) is 5.91. The molecule has 1 aliphatic rings. The lowest BCUT2D eigenvalue weighted by Gasteiger charge is -2.29. The Labute approximate surface area is 268 Å². The van der Waals surface area contributed by atoms with Crippen molar-refractivity contribution in [2.75, 3.05) is 0 Å². The van der Waals surface area contributed by atoms with E-state index in [1.807, 2.05) is 11.8 Å². The van der Waals surface area contributed by atoms with Gasteiger partial charge in [0.15, 0.2) is 0 Å². The molecule has 2 nitrogen and oxygen atoms in total. The summed E-state index contributed by atoms with van der Waals surface area (Å²) in [6.45, 7) is 6.96. The van der Waals surface area contributed by atoms with E-state index in [-0.39, 0.29) is 6.71 Å². The molecule has 4 heteroatoms. The number of hydrogen-bond donors (Lipinski definition) is 0. The minimum absolute atomic E-state index is 0.202. The Morgan fingerprint density at radius 2 is 1.04 bits per heavy atom. The number of fused-ring (bicyclic) bond motifs is 7. The van der Waals surface area contributed by atoms with Crippen LogP contribution in [0.25, 0.3) is 44.2 Å². The zero-order valence-electron chi connectivity index (χ0n) is 25.6. The SMILES string of the molecule is Cc1cc(C)c(B2c3ccccc3Sc3cc(-n4c5ccccc5c5c4c4ccccc4n5-c4ccccc4)ccc32)c(C)c1. The summed E-state index contributed by atoms with van der Waals surface area (Å²) in [7, 11) is 0. The van der Waals surface area contributed by atoms with Crippen LogP contribution in [0.4, 0.5) is 0 Å².